The molecule has 1 heterocycles. The van der Waals surface area contributed by atoms with Crippen molar-refractivity contribution in [2.45, 2.75) is 52.3 Å². The highest BCUT2D eigenvalue weighted by atomic mass is 16.4. The lowest BCUT2D eigenvalue weighted by Gasteiger charge is -2.27. The molecule has 0 aliphatic heterocycles. The molecular formula is C12H21NO2. The van der Waals surface area contributed by atoms with Crippen molar-refractivity contribution in [2.24, 2.45) is 0 Å². The average Bonchev–Trinajstić information content (AvgIpc) is 2.74. The SMILES string of the molecule is CCC(C)(CC)NCc1ccc(CO)o1. The number of nitrogens with one attached hydrogen (secondary N) is 1. The summed E-state index contributed by atoms with van der Waals surface area (Å²) in [6.07, 6.45) is 2.19. The molecule has 0 aromatic carbocycles. The van der Waals surface area contributed by atoms with Crippen LogP contribution >= 0.6 is 0 Å². The van der Waals surface area contributed by atoms with Gasteiger partial charge in [0, 0.05) is 5.54 Å². The Morgan fingerprint density at radius 1 is 1.27 bits per heavy atom. The van der Waals surface area contributed by atoms with Gasteiger partial charge in [0.2, 0.25) is 0 Å². The van der Waals surface area contributed by atoms with Crippen molar-refractivity contribution in [3.63, 3.8) is 0 Å². The second-order valence-electron chi connectivity index (χ2n) is 4.15. The van der Waals surface area contributed by atoms with Crippen LogP contribution in [0.3, 0.4) is 0 Å². The van der Waals surface area contributed by atoms with Gasteiger partial charge in [-0.25, -0.2) is 0 Å². The van der Waals surface area contributed by atoms with E-state index >= 15 is 0 Å². The van der Waals surface area contributed by atoms with Crippen molar-refractivity contribution in [3.8, 4) is 0 Å². The fraction of sp³-hybridized carbons (Fsp3) is 0.667. The standard InChI is InChI=1S/C12H21NO2/c1-4-12(3,5-2)13-8-10-6-7-11(9-14)15-10/h6-7,13-14H,4-5,8-9H2,1-3H3. The van der Waals surface area contributed by atoms with E-state index in [9.17, 15) is 0 Å². The first-order valence-electron chi connectivity index (χ1n) is 5.57. The highest BCUT2D eigenvalue weighted by Gasteiger charge is 2.18. The molecule has 0 aliphatic rings. The Hall–Kier alpha value is -0.800. The van der Waals surface area contributed by atoms with Gasteiger partial charge in [-0.1, -0.05) is 13.8 Å². The smallest absolute Gasteiger partial charge is 0.129 e. The molecule has 86 valence electrons. The Morgan fingerprint density at radius 3 is 2.33 bits per heavy atom. The minimum atomic E-state index is -0.0289. The first-order chi connectivity index (χ1) is 7.13. The van der Waals surface area contributed by atoms with E-state index in [1.54, 1.807) is 0 Å². The lowest BCUT2D eigenvalue weighted by molar-refractivity contribution is 0.239. The molecule has 0 unspecified atom stereocenters. The largest absolute Gasteiger partial charge is 0.462 e. The molecule has 0 bridgehead atoms. The third kappa shape index (κ3) is 3.36. The molecule has 0 saturated heterocycles. The van der Waals surface area contributed by atoms with Crippen LogP contribution in [-0.4, -0.2) is 10.6 Å². The van der Waals surface area contributed by atoms with Gasteiger partial charge in [0.15, 0.2) is 0 Å². The Bertz CT molecular complexity index is 290. The normalized spacial score (nSPS) is 12.0. The summed E-state index contributed by atoms with van der Waals surface area (Å²) in [6, 6.07) is 3.72. The van der Waals surface area contributed by atoms with Gasteiger partial charge in [-0.05, 0) is 31.9 Å². The summed E-state index contributed by atoms with van der Waals surface area (Å²) in [4.78, 5) is 0. The predicted molar refractivity (Wildman–Crippen MR) is 60.5 cm³/mol. The summed E-state index contributed by atoms with van der Waals surface area (Å²) >= 11 is 0. The third-order valence-electron chi connectivity index (χ3n) is 3.12. The molecule has 0 atom stereocenters. The molecule has 1 rings (SSSR count). The average molecular weight is 211 g/mol. The van der Waals surface area contributed by atoms with Gasteiger partial charge in [-0.3, -0.25) is 0 Å². The molecular weight excluding hydrogens is 190 g/mol. The molecule has 0 spiro atoms. The third-order valence-corrected chi connectivity index (χ3v) is 3.12. The van der Waals surface area contributed by atoms with Crippen molar-refractivity contribution in [1.82, 2.24) is 5.32 Å². The predicted octanol–water partition coefficient (Wildman–Crippen LogP) is 2.44. The summed E-state index contributed by atoms with van der Waals surface area (Å²) in [5, 5.41) is 12.3. The van der Waals surface area contributed by atoms with Crippen LogP contribution in [0.5, 0.6) is 0 Å². The van der Waals surface area contributed by atoms with Crippen LogP contribution in [-0.2, 0) is 13.2 Å². The molecule has 0 amide bonds. The van der Waals surface area contributed by atoms with Crippen molar-refractivity contribution in [2.75, 3.05) is 0 Å². The zero-order valence-electron chi connectivity index (χ0n) is 9.84. The molecule has 0 aliphatic carbocycles. The molecule has 0 saturated carbocycles. The van der Waals surface area contributed by atoms with Gasteiger partial charge in [0.1, 0.15) is 18.1 Å². The Balaban J connectivity index is 2.49. The van der Waals surface area contributed by atoms with Crippen LogP contribution in [0.4, 0.5) is 0 Å². The van der Waals surface area contributed by atoms with E-state index in [1.165, 1.54) is 0 Å². The zero-order chi connectivity index (χ0) is 11.3. The fourth-order valence-electron chi connectivity index (χ4n) is 1.40. The van der Waals surface area contributed by atoms with Crippen molar-refractivity contribution in [3.05, 3.63) is 23.7 Å². The lowest BCUT2D eigenvalue weighted by Crippen LogP contribution is -2.40. The van der Waals surface area contributed by atoms with Crippen molar-refractivity contribution >= 4 is 0 Å². The van der Waals surface area contributed by atoms with Gasteiger partial charge in [-0.2, -0.15) is 0 Å². The summed E-state index contributed by atoms with van der Waals surface area (Å²) in [7, 11) is 0. The van der Waals surface area contributed by atoms with E-state index in [0.29, 0.717) is 5.76 Å². The minimum absolute atomic E-state index is 0.0289. The minimum Gasteiger partial charge on any atom is -0.462 e. The summed E-state index contributed by atoms with van der Waals surface area (Å²) in [5.74, 6) is 1.51. The fourth-order valence-corrected chi connectivity index (χ4v) is 1.40. The maximum Gasteiger partial charge on any atom is 0.129 e. The van der Waals surface area contributed by atoms with Crippen LogP contribution < -0.4 is 5.32 Å². The van der Waals surface area contributed by atoms with Crippen LogP contribution in [0, 0.1) is 0 Å². The van der Waals surface area contributed by atoms with E-state index in [4.69, 9.17) is 9.52 Å². The number of aliphatic hydroxyl groups excluding tert-OH is 1. The molecule has 3 heteroatoms. The second kappa shape index (κ2) is 5.33. The van der Waals surface area contributed by atoms with Gasteiger partial charge >= 0.3 is 0 Å². The number of hydrogen-bond donors (Lipinski definition) is 2. The molecule has 2 N–H and O–H groups in total. The summed E-state index contributed by atoms with van der Waals surface area (Å²) < 4.78 is 5.40. The molecule has 1 aromatic rings. The van der Waals surface area contributed by atoms with E-state index in [0.717, 1.165) is 25.1 Å². The first kappa shape index (κ1) is 12.3. The monoisotopic (exact) mass is 211 g/mol. The van der Waals surface area contributed by atoms with Crippen LogP contribution in [0.2, 0.25) is 0 Å². The molecule has 0 fully saturated rings. The van der Waals surface area contributed by atoms with E-state index in [-0.39, 0.29) is 12.1 Å². The zero-order valence-corrected chi connectivity index (χ0v) is 9.84. The molecule has 15 heavy (non-hydrogen) atoms. The second-order valence-corrected chi connectivity index (χ2v) is 4.15. The van der Waals surface area contributed by atoms with Gasteiger partial charge < -0.3 is 14.8 Å². The van der Waals surface area contributed by atoms with Crippen molar-refractivity contribution in [1.29, 1.82) is 0 Å². The first-order valence-corrected chi connectivity index (χ1v) is 5.57. The van der Waals surface area contributed by atoms with Crippen LogP contribution in [0.15, 0.2) is 16.5 Å². The van der Waals surface area contributed by atoms with Gasteiger partial charge in [-0.15, -0.1) is 0 Å². The molecule has 3 nitrogen and oxygen atoms in total. The highest BCUT2D eigenvalue weighted by Crippen LogP contribution is 2.15. The van der Waals surface area contributed by atoms with E-state index in [2.05, 4.69) is 26.1 Å². The Labute approximate surface area is 91.5 Å². The molecule has 0 radical (unpaired) electrons. The van der Waals surface area contributed by atoms with Gasteiger partial charge in [0.25, 0.3) is 0 Å². The van der Waals surface area contributed by atoms with Crippen molar-refractivity contribution < 1.29 is 9.52 Å². The number of hydrogen-bond acceptors (Lipinski definition) is 3. The van der Waals surface area contributed by atoms with Crippen LogP contribution in [0.1, 0.15) is 45.1 Å². The number of rotatable bonds is 6. The Morgan fingerprint density at radius 2 is 1.87 bits per heavy atom. The quantitative estimate of drug-likeness (QED) is 0.759. The van der Waals surface area contributed by atoms with Crippen LogP contribution in [0.25, 0.3) is 0 Å². The van der Waals surface area contributed by atoms with E-state index < -0.39 is 0 Å². The molecule has 1 aromatic heterocycles. The lowest BCUT2D eigenvalue weighted by atomic mass is 9.95. The topological polar surface area (TPSA) is 45.4 Å². The maximum absolute atomic E-state index is 8.86. The number of aliphatic hydroxyl groups is 1. The van der Waals surface area contributed by atoms with Gasteiger partial charge in [0.05, 0.1) is 6.54 Å². The highest BCUT2D eigenvalue weighted by molar-refractivity contribution is 5.06. The summed E-state index contributed by atoms with van der Waals surface area (Å²) in [5.41, 5.74) is 0.173. The number of furan rings is 1. The maximum atomic E-state index is 8.86. The Kier molecular flexibility index (Phi) is 4.36. The van der Waals surface area contributed by atoms with E-state index in [1.807, 2.05) is 12.1 Å². The summed E-state index contributed by atoms with van der Waals surface area (Å²) in [6.45, 7) is 7.26.